The zero-order chi connectivity index (χ0) is 31.6. The molecule has 0 heterocycles. The Morgan fingerprint density at radius 2 is 1.74 bits per heavy atom. The van der Waals surface area contributed by atoms with E-state index < -0.39 is 39.3 Å². The van der Waals surface area contributed by atoms with Crippen molar-refractivity contribution < 1.29 is 27.7 Å². The number of hydrogen-bond acceptors (Lipinski definition) is 7. The summed E-state index contributed by atoms with van der Waals surface area (Å²) in [5.74, 6) is -1.11. The molecule has 11 nitrogen and oxygen atoms in total. The van der Waals surface area contributed by atoms with Crippen molar-refractivity contribution in [2.75, 3.05) is 30.8 Å². The number of ether oxygens (including phenoxy) is 1. The SMILES string of the molecule is CCCCNC(=O)C(Cc1ccccc1)N(Cc1ccccc1Cl)C(=O)CN(c1cc([N+](=O)[O-])ccc1OC)S(C)(=O)=O. The summed E-state index contributed by atoms with van der Waals surface area (Å²) in [7, 11) is -2.88. The lowest BCUT2D eigenvalue weighted by Gasteiger charge is -2.34. The van der Waals surface area contributed by atoms with Crippen LogP contribution in [0.15, 0.2) is 72.8 Å². The highest BCUT2D eigenvalue weighted by Crippen LogP contribution is 2.34. The molecule has 0 fully saturated rings. The van der Waals surface area contributed by atoms with Gasteiger partial charge in [0.05, 0.1) is 18.3 Å². The first-order valence-electron chi connectivity index (χ1n) is 13.6. The van der Waals surface area contributed by atoms with Crippen LogP contribution in [0.2, 0.25) is 5.02 Å². The van der Waals surface area contributed by atoms with Gasteiger partial charge in [-0.25, -0.2) is 8.42 Å². The first-order valence-corrected chi connectivity index (χ1v) is 15.8. The Bertz CT molecular complexity index is 1540. The number of nitrogens with one attached hydrogen (secondary N) is 1. The highest BCUT2D eigenvalue weighted by Gasteiger charge is 2.34. The average Bonchev–Trinajstić information content (AvgIpc) is 2.98. The van der Waals surface area contributed by atoms with E-state index in [0.29, 0.717) is 17.1 Å². The van der Waals surface area contributed by atoms with Crippen molar-refractivity contribution >= 4 is 44.8 Å². The van der Waals surface area contributed by atoms with E-state index >= 15 is 0 Å². The van der Waals surface area contributed by atoms with Crippen molar-refractivity contribution in [2.45, 2.75) is 38.8 Å². The molecule has 0 aliphatic rings. The number of nitrogens with zero attached hydrogens (tertiary/aromatic N) is 3. The molecule has 1 unspecified atom stereocenters. The monoisotopic (exact) mass is 630 g/mol. The van der Waals surface area contributed by atoms with E-state index in [1.54, 1.807) is 24.3 Å². The van der Waals surface area contributed by atoms with E-state index in [1.807, 2.05) is 37.3 Å². The Hall–Kier alpha value is -4.16. The minimum Gasteiger partial charge on any atom is -0.495 e. The second kappa shape index (κ2) is 15.4. The maximum absolute atomic E-state index is 14.2. The van der Waals surface area contributed by atoms with E-state index in [0.717, 1.165) is 35.0 Å². The van der Waals surface area contributed by atoms with Crippen molar-refractivity contribution in [3.8, 4) is 5.75 Å². The lowest BCUT2D eigenvalue weighted by Crippen LogP contribution is -2.53. The van der Waals surface area contributed by atoms with Crippen LogP contribution in [-0.2, 0) is 32.6 Å². The molecule has 0 aromatic heterocycles. The maximum atomic E-state index is 14.2. The summed E-state index contributed by atoms with van der Waals surface area (Å²) >= 11 is 6.46. The highest BCUT2D eigenvalue weighted by molar-refractivity contribution is 7.92. The van der Waals surface area contributed by atoms with Crippen LogP contribution in [0.4, 0.5) is 11.4 Å². The summed E-state index contributed by atoms with van der Waals surface area (Å²) < 4.78 is 32.1. The van der Waals surface area contributed by atoms with Gasteiger partial charge in [-0.05, 0) is 29.7 Å². The van der Waals surface area contributed by atoms with Crippen LogP contribution in [0.25, 0.3) is 0 Å². The predicted octanol–water partition coefficient (Wildman–Crippen LogP) is 4.58. The summed E-state index contributed by atoms with van der Waals surface area (Å²) in [6, 6.07) is 18.4. The number of methoxy groups -OCH3 is 1. The first kappa shape index (κ1) is 33.3. The van der Waals surface area contributed by atoms with Crippen LogP contribution in [0.3, 0.4) is 0 Å². The molecule has 0 radical (unpaired) electrons. The quantitative estimate of drug-likeness (QED) is 0.147. The van der Waals surface area contributed by atoms with Gasteiger partial charge < -0.3 is 15.0 Å². The number of amides is 2. The number of sulfonamides is 1. The van der Waals surface area contributed by atoms with Crippen LogP contribution in [-0.4, -0.2) is 62.6 Å². The normalized spacial score (nSPS) is 11.8. The van der Waals surface area contributed by atoms with Crippen LogP contribution in [0.1, 0.15) is 30.9 Å². The number of unbranched alkanes of at least 4 members (excludes halogenated alkanes) is 1. The van der Waals surface area contributed by atoms with E-state index in [4.69, 9.17) is 16.3 Å². The van der Waals surface area contributed by atoms with Gasteiger partial charge in [0, 0.05) is 36.7 Å². The number of halogens is 1. The fourth-order valence-electron chi connectivity index (χ4n) is 4.45. The molecule has 0 aliphatic carbocycles. The summed E-state index contributed by atoms with van der Waals surface area (Å²) in [5.41, 5.74) is 0.769. The minimum absolute atomic E-state index is 0.0135. The van der Waals surface area contributed by atoms with Crippen molar-refractivity contribution in [1.29, 1.82) is 0 Å². The van der Waals surface area contributed by atoms with Crippen molar-refractivity contribution in [2.24, 2.45) is 0 Å². The fraction of sp³-hybridized carbons (Fsp3) is 0.333. The molecular weight excluding hydrogens is 596 g/mol. The van der Waals surface area contributed by atoms with Gasteiger partial charge >= 0.3 is 0 Å². The standard InChI is InChI=1S/C30H35ClN4O7S/c1-4-5-17-32-30(37)27(18-22-11-7-6-8-12-22)33(20-23-13-9-10-14-25(23)31)29(36)21-34(43(3,40)41)26-19-24(35(38)39)15-16-28(26)42-2/h6-16,19,27H,4-5,17-18,20-21H2,1-3H3,(H,32,37). The molecule has 43 heavy (non-hydrogen) atoms. The van der Waals surface area contributed by atoms with Crippen molar-refractivity contribution in [3.63, 3.8) is 0 Å². The maximum Gasteiger partial charge on any atom is 0.271 e. The zero-order valence-electron chi connectivity index (χ0n) is 24.2. The molecule has 230 valence electrons. The molecule has 1 atom stereocenters. The molecular formula is C30H35ClN4O7S. The van der Waals surface area contributed by atoms with Gasteiger partial charge in [-0.3, -0.25) is 24.0 Å². The van der Waals surface area contributed by atoms with Gasteiger partial charge in [-0.15, -0.1) is 0 Å². The largest absolute Gasteiger partial charge is 0.495 e. The first-order chi connectivity index (χ1) is 20.5. The van der Waals surface area contributed by atoms with E-state index in [2.05, 4.69) is 5.32 Å². The fourth-order valence-corrected chi connectivity index (χ4v) is 5.49. The van der Waals surface area contributed by atoms with Crippen LogP contribution < -0.4 is 14.4 Å². The number of carbonyl (C=O) groups excluding carboxylic acids is 2. The second-order valence-corrected chi connectivity index (χ2v) is 12.2. The molecule has 0 aliphatic heterocycles. The van der Waals surface area contributed by atoms with Gasteiger partial charge in [-0.2, -0.15) is 0 Å². The van der Waals surface area contributed by atoms with E-state index in [9.17, 15) is 28.1 Å². The number of anilines is 1. The minimum atomic E-state index is -4.17. The molecule has 3 aromatic carbocycles. The zero-order valence-corrected chi connectivity index (χ0v) is 25.8. The average molecular weight is 631 g/mol. The van der Waals surface area contributed by atoms with E-state index in [-0.39, 0.29) is 30.1 Å². The smallest absolute Gasteiger partial charge is 0.271 e. The van der Waals surface area contributed by atoms with Crippen LogP contribution >= 0.6 is 11.6 Å². The lowest BCUT2D eigenvalue weighted by atomic mass is 10.0. The molecule has 0 bridgehead atoms. The Kier molecular flexibility index (Phi) is 11.9. The number of carbonyl (C=O) groups is 2. The Balaban J connectivity index is 2.12. The molecule has 3 aromatic rings. The number of non-ortho nitro benzene ring substituents is 1. The van der Waals surface area contributed by atoms with Crippen LogP contribution in [0, 0.1) is 10.1 Å². The predicted molar refractivity (Wildman–Crippen MR) is 166 cm³/mol. The number of rotatable bonds is 15. The third kappa shape index (κ3) is 9.16. The van der Waals surface area contributed by atoms with Crippen molar-refractivity contribution in [3.05, 3.63) is 99.1 Å². The van der Waals surface area contributed by atoms with Gasteiger partial charge in [-0.1, -0.05) is 73.5 Å². The summed E-state index contributed by atoms with van der Waals surface area (Å²) in [6.07, 6.45) is 2.61. The van der Waals surface area contributed by atoms with Crippen LogP contribution in [0.5, 0.6) is 5.75 Å². The number of benzene rings is 3. The Labute approximate surface area is 256 Å². The third-order valence-electron chi connectivity index (χ3n) is 6.72. The lowest BCUT2D eigenvalue weighted by molar-refractivity contribution is -0.384. The molecule has 13 heteroatoms. The van der Waals surface area contributed by atoms with Gasteiger partial charge in [0.15, 0.2) is 0 Å². The van der Waals surface area contributed by atoms with Gasteiger partial charge in [0.25, 0.3) is 5.69 Å². The second-order valence-electron chi connectivity index (χ2n) is 9.85. The van der Waals surface area contributed by atoms with Crippen molar-refractivity contribution in [1.82, 2.24) is 10.2 Å². The molecule has 0 saturated heterocycles. The Morgan fingerprint density at radius 3 is 2.35 bits per heavy atom. The Morgan fingerprint density at radius 1 is 1.07 bits per heavy atom. The topological polar surface area (TPSA) is 139 Å². The molecule has 0 saturated carbocycles. The number of nitro groups is 1. The third-order valence-corrected chi connectivity index (χ3v) is 8.22. The van der Waals surface area contributed by atoms with Gasteiger partial charge in [0.2, 0.25) is 21.8 Å². The highest BCUT2D eigenvalue weighted by atomic mass is 35.5. The van der Waals surface area contributed by atoms with Gasteiger partial charge in [0.1, 0.15) is 24.0 Å². The number of nitro benzene ring substituents is 1. The summed E-state index contributed by atoms with van der Waals surface area (Å²) in [6.45, 7) is 1.53. The summed E-state index contributed by atoms with van der Waals surface area (Å²) in [5, 5.41) is 14.8. The summed E-state index contributed by atoms with van der Waals surface area (Å²) in [4.78, 5) is 40.0. The number of hydrogen-bond donors (Lipinski definition) is 1. The van der Waals surface area contributed by atoms with E-state index in [1.165, 1.54) is 24.1 Å². The molecule has 2 amide bonds. The molecule has 1 N–H and O–H groups in total. The molecule has 0 spiro atoms. The molecule has 3 rings (SSSR count).